The van der Waals surface area contributed by atoms with Crippen LogP contribution in [0.4, 0.5) is 0 Å². The van der Waals surface area contributed by atoms with Crippen LogP contribution in [0.15, 0.2) is 35.3 Å². The summed E-state index contributed by atoms with van der Waals surface area (Å²) < 4.78 is 1.59. The molecule has 2 aromatic rings. The Bertz CT molecular complexity index is 754. The lowest BCUT2D eigenvalue weighted by Gasteiger charge is -2.35. The Labute approximate surface area is 134 Å². The molecule has 1 aromatic heterocycles. The number of piperidine rings is 1. The molecule has 1 saturated heterocycles. The molecule has 122 valence electrons. The van der Waals surface area contributed by atoms with Crippen LogP contribution in [0.3, 0.4) is 0 Å². The molecule has 2 heterocycles. The van der Waals surface area contributed by atoms with E-state index in [1.165, 1.54) is 6.20 Å². The van der Waals surface area contributed by atoms with Crippen molar-refractivity contribution in [2.45, 2.75) is 38.3 Å². The van der Waals surface area contributed by atoms with E-state index in [9.17, 15) is 14.7 Å². The van der Waals surface area contributed by atoms with Crippen molar-refractivity contribution in [3.8, 4) is 0 Å². The number of benzene rings is 1. The van der Waals surface area contributed by atoms with Crippen LogP contribution < -0.4 is 5.43 Å². The molecule has 1 atom stereocenters. The number of aromatic nitrogens is 2. The first-order valence-corrected chi connectivity index (χ1v) is 8.06. The van der Waals surface area contributed by atoms with Gasteiger partial charge in [0.15, 0.2) is 0 Å². The molecule has 0 radical (unpaired) electrons. The third-order valence-electron chi connectivity index (χ3n) is 4.46. The molecule has 0 saturated carbocycles. The highest BCUT2D eigenvalue weighted by Gasteiger charge is 2.26. The fourth-order valence-electron chi connectivity index (χ4n) is 3.28. The first-order chi connectivity index (χ1) is 11.2. The third kappa shape index (κ3) is 3.27. The number of hydrogen-bond donors (Lipinski definition) is 1. The van der Waals surface area contributed by atoms with E-state index in [1.807, 2.05) is 11.0 Å². The average molecular weight is 315 g/mol. The molecule has 1 N–H and O–H groups in total. The van der Waals surface area contributed by atoms with E-state index in [-0.39, 0.29) is 30.5 Å². The van der Waals surface area contributed by atoms with Crippen molar-refractivity contribution in [3.05, 3.63) is 40.7 Å². The maximum Gasteiger partial charge on any atom is 0.244 e. The molecule has 1 aliphatic heterocycles. The second kappa shape index (κ2) is 6.91. The molecule has 1 amide bonds. The van der Waals surface area contributed by atoms with Gasteiger partial charge >= 0.3 is 0 Å². The van der Waals surface area contributed by atoms with Gasteiger partial charge in [-0.2, -0.15) is 5.10 Å². The molecule has 0 spiro atoms. The largest absolute Gasteiger partial charge is 0.396 e. The number of aliphatic hydroxyl groups is 1. The molecule has 0 bridgehead atoms. The zero-order valence-corrected chi connectivity index (χ0v) is 13.0. The van der Waals surface area contributed by atoms with Gasteiger partial charge in [0.2, 0.25) is 11.3 Å². The summed E-state index contributed by atoms with van der Waals surface area (Å²) in [6.07, 6.45) is 4.89. The Kier molecular flexibility index (Phi) is 4.71. The number of fused-ring (bicyclic) bond motifs is 1. The minimum absolute atomic E-state index is 0.00977. The lowest BCUT2D eigenvalue weighted by atomic mass is 9.99. The van der Waals surface area contributed by atoms with E-state index in [2.05, 4.69) is 5.10 Å². The highest BCUT2D eigenvalue weighted by Crippen LogP contribution is 2.20. The standard InChI is InChI=1S/C17H21N3O3/c21-10-8-13-5-3-4-9-19(13)17(23)12-20-15-7-2-1-6-14(15)16(22)11-18-20/h1-2,6-7,11,13,21H,3-5,8-10,12H2. The van der Waals surface area contributed by atoms with Crippen molar-refractivity contribution in [2.24, 2.45) is 0 Å². The number of carbonyl (C=O) groups excluding carboxylic acids is 1. The predicted octanol–water partition coefficient (Wildman–Crippen LogP) is 1.16. The monoisotopic (exact) mass is 315 g/mol. The van der Waals surface area contributed by atoms with Crippen molar-refractivity contribution in [1.82, 2.24) is 14.7 Å². The van der Waals surface area contributed by atoms with Gasteiger partial charge in [-0.1, -0.05) is 12.1 Å². The van der Waals surface area contributed by atoms with Crippen molar-refractivity contribution in [2.75, 3.05) is 13.2 Å². The number of rotatable bonds is 4. The summed E-state index contributed by atoms with van der Waals surface area (Å²) >= 11 is 0. The number of amides is 1. The van der Waals surface area contributed by atoms with E-state index in [0.717, 1.165) is 25.8 Å². The van der Waals surface area contributed by atoms with E-state index in [0.29, 0.717) is 17.3 Å². The zero-order chi connectivity index (χ0) is 16.2. The summed E-state index contributed by atoms with van der Waals surface area (Å²) in [5.74, 6) is -0.00977. The summed E-state index contributed by atoms with van der Waals surface area (Å²) in [5.41, 5.74) is 0.532. The number of nitrogens with zero attached hydrogens (tertiary/aromatic N) is 3. The van der Waals surface area contributed by atoms with Crippen molar-refractivity contribution in [3.63, 3.8) is 0 Å². The first-order valence-electron chi connectivity index (χ1n) is 8.06. The minimum Gasteiger partial charge on any atom is -0.396 e. The highest BCUT2D eigenvalue weighted by molar-refractivity contribution is 5.81. The summed E-state index contributed by atoms with van der Waals surface area (Å²) in [7, 11) is 0. The molecule has 1 fully saturated rings. The third-order valence-corrected chi connectivity index (χ3v) is 4.46. The van der Waals surface area contributed by atoms with Gasteiger partial charge in [-0.05, 0) is 37.8 Å². The smallest absolute Gasteiger partial charge is 0.244 e. The summed E-state index contributed by atoms with van der Waals surface area (Å²) in [5, 5.41) is 13.9. The maximum absolute atomic E-state index is 12.7. The number of aliphatic hydroxyl groups excluding tert-OH is 1. The molecular formula is C17H21N3O3. The molecule has 1 unspecified atom stereocenters. The Morgan fingerprint density at radius 1 is 1.30 bits per heavy atom. The number of carbonyl (C=O) groups is 1. The zero-order valence-electron chi connectivity index (χ0n) is 13.0. The Balaban J connectivity index is 1.85. The van der Waals surface area contributed by atoms with Crippen LogP contribution in [0, 0.1) is 0 Å². The average Bonchev–Trinajstić information content (AvgIpc) is 2.58. The highest BCUT2D eigenvalue weighted by atomic mass is 16.3. The molecule has 3 rings (SSSR count). The molecule has 23 heavy (non-hydrogen) atoms. The number of para-hydroxylation sites is 1. The maximum atomic E-state index is 12.7. The van der Waals surface area contributed by atoms with Gasteiger partial charge in [0.05, 0.1) is 11.7 Å². The van der Waals surface area contributed by atoms with E-state index in [4.69, 9.17) is 0 Å². The number of likely N-dealkylation sites (tertiary alicyclic amines) is 1. The van der Waals surface area contributed by atoms with Crippen LogP contribution >= 0.6 is 0 Å². The quantitative estimate of drug-likeness (QED) is 0.918. The SMILES string of the molecule is O=C(Cn1ncc(=O)c2ccccc21)N1CCCCC1CCO. The Morgan fingerprint density at radius 3 is 2.96 bits per heavy atom. The summed E-state index contributed by atoms with van der Waals surface area (Å²) in [6, 6.07) is 7.29. The van der Waals surface area contributed by atoms with Crippen LogP contribution in [-0.4, -0.2) is 44.9 Å². The minimum atomic E-state index is -0.138. The van der Waals surface area contributed by atoms with Crippen LogP contribution in [-0.2, 0) is 11.3 Å². The fraction of sp³-hybridized carbons (Fsp3) is 0.471. The molecule has 1 aromatic carbocycles. The second-order valence-electron chi connectivity index (χ2n) is 5.93. The fourth-order valence-corrected chi connectivity index (χ4v) is 3.28. The molecule has 0 aliphatic carbocycles. The van der Waals surface area contributed by atoms with Crippen molar-refractivity contribution >= 4 is 16.8 Å². The van der Waals surface area contributed by atoms with Crippen LogP contribution in [0.25, 0.3) is 10.9 Å². The Morgan fingerprint density at radius 2 is 2.13 bits per heavy atom. The molecule has 1 aliphatic rings. The van der Waals surface area contributed by atoms with Gasteiger partial charge in [0.1, 0.15) is 6.54 Å². The van der Waals surface area contributed by atoms with Crippen LogP contribution in [0.5, 0.6) is 0 Å². The summed E-state index contributed by atoms with van der Waals surface area (Å²) in [4.78, 5) is 26.4. The topological polar surface area (TPSA) is 75.4 Å². The van der Waals surface area contributed by atoms with Gasteiger partial charge in [0, 0.05) is 24.6 Å². The van der Waals surface area contributed by atoms with Gasteiger partial charge < -0.3 is 10.0 Å². The first kappa shape index (κ1) is 15.7. The predicted molar refractivity (Wildman–Crippen MR) is 87.1 cm³/mol. The van der Waals surface area contributed by atoms with Crippen molar-refractivity contribution < 1.29 is 9.90 Å². The van der Waals surface area contributed by atoms with E-state index in [1.54, 1.807) is 22.9 Å². The van der Waals surface area contributed by atoms with Gasteiger partial charge in [-0.15, -0.1) is 0 Å². The molecular weight excluding hydrogens is 294 g/mol. The van der Waals surface area contributed by atoms with E-state index < -0.39 is 0 Å². The molecule has 6 heteroatoms. The summed E-state index contributed by atoms with van der Waals surface area (Å²) in [6.45, 7) is 0.929. The second-order valence-corrected chi connectivity index (χ2v) is 5.93. The number of hydrogen-bond acceptors (Lipinski definition) is 4. The van der Waals surface area contributed by atoms with Gasteiger partial charge in [0.25, 0.3) is 0 Å². The van der Waals surface area contributed by atoms with Crippen molar-refractivity contribution in [1.29, 1.82) is 0 Å². The van der Waals surface area contributed by atoms with Crippen LogP contribution in [0.1, 0.15) is 25.7 Å². The molecule has 6 nitrogen and oxygen atoms in total. The lowest BCUT2D eigenvalue weighted by Crippen LogP contribution is -2.45. The normalized spacial score (nSPS) is 18.3. The van der Waals surface area contributed by atoms with Gasteiger partial charge in [-0.3, -0.25) is 14.3 Å². The van der Waals surface area contributed by atoms with E-state index >= 15 is 0 Å². The van der Waals surface area contributed by atoms with Crippen LogP contribution in [0.2, 0.25) is 0 Å². The lowest BCUT2D eigenvalue weighted by molar-refractivity contribution is -0.136. The van der Waals surface area contributed by atoms with Gasteiger partial charge in [-0.25, -0.2) is 0 Å². The Hall–Kier alpha value is -2.21.